The van der Waals surface area contributed by atoms with Crippen LogP contribution < -0.4 is 0 Å². The molecule has 142 valence electrons. The van der Waals surface area contributed by atoms with Crippen molar-refractivity contribution < 1.29 is 14.4 Å². The number of rotatable bonds is 6. The number of thiophene rings is 1. The van der Waals surface area contributed by atoms with E-state index in [4.69, 9.17) is 0 Å². The topological polar surface area (TPSA) is 57.7 Å². The molecule has 0 saturated carbocycles. The zero-order valence-electron chi connectivity index (χ0n) is 15.5. The van der Waals surface area contributed by atoms with Gasteiger partial charge in [0.25, 0.3) is 5.91 Å². The van der Waals surface area contributed by atoms with Gasteiger partial charge in [-0.25, -0.2) is 0 Å². The summed E-state index contributed by atoms with van der Waals surface area (Å²) >= 11 is 1.43. The molecular weight excluding hydrogens is 360 g/mol. The lowest BCUT2D eigenvalue weighted by atomic mass is 10.0. The number of amides is 2. The van der Waals surface area contributed by atoms with Crippen LogP contribution in [-0.4, -0.2) is 53.6 Å². The van der Waals surface area contributed by atoms with Crippen molar-refractivity contribution in [1.29, 1.82) is 0 Å². The van der Waals surface area contributed by atoms with Gasteiger partial charge in [0, 0.05) is 44.6 Å². The second-order valence-electron chi connectivity index (χ2n) is 6.62. The normalized spacial score (nSPS) is 14.3. The molecule has 1 aromatic heterocycles. The summed E-state index contributed by atoms with van der Waals surface area (Å²) in [5.41, 5.74) is 1.85. The molecule has 1 aliphatic rings. The maximum Gasteiger partial charge on any atom is 0.264 e. The van der Waals surface area contributed by atoms with Gasteiger partial charge in [-0.3, -0.25) is 14.4 Å². The van der Waals surface area contributed by atoms with Gasteiger partial charge in [0.2, 0.25) is 5.91 Å². The fraction of sp³-hybridized carbons (Fsp3) is 0.381. The van der Waals surface area contributed by atoms with Gasteiger partial charge in [-0.15, -0.1) is 11.3 Å². The lowest BCUT2D eigenvalue weighted by Crippen LogP contribution is -2.50. The molecule has 2 heterocycles. The fourth-order valence-electron chi connectivity index (χ4n) is 3.16. The van der Waals surface area contributed by atoms with Gasteiger partial charge < -0.3 is 9.80 Å². The average Bonchev–Trinajstić information content (AvgIpc) is 3.26. The molecule has 2 amide bonds. The van der Waals surface area contributed by atoms with Gasteiger partial charge in [0.15, 0.2) is 5.78 Å². The maximum atomic E-state index is 12.4. The van der Waals surface area contributed by atoms with Gasteiger partial charge >= 0.3 is 0 Å². The molecule has 1 aromatic carbocycles. The third kappa shape index (κ3) is 4.83. The third-order valence-corrected chi connectivity index (χ3v) is 5.76. The first-order valence-corrected chi connectivity index (χ1v) is 10.2. The largest absolute Gasteiger partial charge is 0.339 e. The number of hydrogen-bond donors (Lipinski definition) is 0. The molecule has 0 aliphatic carbocycles. The summed E-state index contributed by atoms with van der Waals surface area (Å²) < 4.78 is 0. The Balaban J connectivity index is 1.45. The fourth-order valence-corrected chi connectivity index (χ4v) is 3.86. The van der Waals surface area contributed by atoms with Crippen molar-refractivity contribution in [3.05, 3.63) is 57.8 Å². The van der Waals surface area contributed by atoms with Gasteiger partial charge in [0.05, 0.1) is 4.88 Å². The summed E-state index contributed by atoms with van der Waals surface area (Å²) in [6.07, 6.45) is 1.37. The highest BCUT2D eigenvalue weighted by Gasteiger charge is 2.25. The van der Waals surface area contributed by atoms with E-state index in [0.717, 1.165) is 11.3 Å². The summed E-state index contributed by atoms with van der Waals surface area (Å²) in [6.45, 7) is 4.19. The van der Waals surface area contributed by atoms with Crippen LogP contribution in [-0.2, 0) is 11.2 Å². The number of carbonyl (C=O) groups excluding carboxylic acids is 3. The Morgan fingerprint density at radius 1 is 0.926 bits per heavy atom. The number of carbonyl (C=O) groups is 3. The molecule has 27 heavy (non-hydrogen) atoms. The summed E-state index contributed by atoms with van der Waals surface area (Å²) in [7, 11) is 0. The van der Waals surface area contributed by atoms with E-state index >= 15 is 0 Å². The molecule has 0 bridgehead atoms. The van der Waals surface area contributed by atoms with E-state index in [2.05, 4.69) is 6.92 Å². The molecule has 1 fully saturated rings. The Bertz CT molecular complexity index is 791. The van der Waals surface area contributed by atoms with Crippen molar-refractivity contribution >= 4 is 28.9 Å². The van der Waals surface area contributed by atoms with E-state index in [9.17, 15) is 14.4 Å². The van der Waals surface area contributed by atoms with Crippen LogP contribution in [0.5, 0.6) is 0 Å². The minimum Gasteiger partial charge on any atom is -0.339 e. The first-order valence-electron chi connectivity index (χ1n) is 9.31. The van der Waals surface area contributed by atoms with Crippen LogP contribution in [0.15, 0.2) is 41.8 Å². The van der Waals surface area contributed by atoms with Crippen molar-refractivity contribution in [2.75, 3.05) is 26.2 Å². The quantitative estimate of drug-likeness (QED) is 0.719. The molecule has 0 spiro atoms. The van der Waals surface area contributed by atoms with Crippen LogP contribution in [0.25, 0.3) is 0 Å². The second kappa shape index (κ2) is 8.95. The Hall–Kier alpha value is -2.47. The standard InChI is InChI=1S/C21H24N2O3S/c1-2-16-5-7-17(8-6-16)18(24)9-10-20(25)22-11-13-23(14-12-22)21(26)19-4-3-15-27-19/h3-8,15H,2,9-14H2,1H3. The summed E-state index contributed by atoms with van der Waals surface area (Å²) in [5, 5.41) is 1.89. The molecule has 5 nitrogen and oxygen atoms in total. The number of benzene rings is 1. The van der Waals surface area contributed by atoms with E-state index in [0.29, 0.717) is 31.7 Å². The maximum absolute atomic E-state index is 12.4. The SMILES string of the molecule is CCc1ccc(C(=O)CCC(=O)N2CCN(C(=O)c3cccs3)CC2)cc1. The highest BCUT2D eigenvalue weighted by Crippen LogP contribution is 2.15. The molecule has 0 unspecified atom stereocenters. The average molecular weight is 385 g/mol. The van der Waals surface area contributed by atoms with E-state index in [1.165, 1.54) is 16.9 Å². The van der Waals surface area contributed by atoms with Crippen molar-refractivity contribution in [1.82, 2.24) is 9.80 Å². The summed E-state index contributed by atoms with van der Waals surface area (Å²) in [6, 6.07) is 11.3. The number of aryl methyl sites for hydroxylation is 1. The number of nitrogens with zero attached hydrogens (tertiary/aromatic N) is 2. The van der Waals surface area contributed by atoms with Crippen molar-refractivity contribution in [2.24, 2.45) is 0 Å². The molecule has 2 aromatic rings. The first kappa shape index (κ1) is 19.3. The smallest absolute Gasteiger partial charge is 0.264 e. The van der Waals surface area contributed by atoms with Crippen LogP contribution >= 0.6 is 11.3 Å². The zero-order valence-corrected chi connectivity index (χ0v) is 16.3. The lowest BCUT2D eigenvalue weighted by Gasteiger charge is -2.34. The van der Waals surface area contributed by atoms with E-state index < -0.39 is 0 Å². The molecule has 3 rings (SSSR count). The summed E-state index contributed by atoms with van der Waals surface area (Å²) in [5.74, 6) is 0.0112. The predicted octanol–water partition coefficient (Wildman–Crippen LogP) is 3.26. The molecule has 1 saturated heterocycles. The van der Waals surface area contributed by atoms with Crippen LogP contribution in [0.1, 0.15) is 45.4 Å². The van der Waals surface area contributed by atoms with Crippen LogP contribution in [0.4, 0.5) is 0 Å². The Kier molecular flexibility index (Phi) is 6.40. The number of piperazine rings is 1. The van der Waals surface area contributed by atoms with E-state index in [1.54, 1.807) is 9.80 Å². The van der Waals surface area contributed by atoms with Crippen LogP contribution in [0.2, 0.25) is 0 Å². The minimum absolute atomic E-state index is 0.00230. The van der Waals surface area contributed by atoms with Crippen LogP contribution in [0.3, 0.4) is 0 Å². The predicted molar refractivity (Wildman–Crippen MR) is 106 cm³/mol. The number of ketones is 1. The Labute approximate surface area is 163 Å². The molecular formula is C21H24N2O3S. The van der Waals surface area contributed by atoms with Gasteiger partial charge in [-0.05, 0) is 23.4 Å². The number of Topliss-reactive ketones (excluding diaryl/α,β-unsaturated/α-hetero) is 1. The Morgan fingerprint density at radius 2 is 1.59 bits per heavy atom. The number of hydrogen-bond acceptors (Lipinski definition) is 4. The molecule has 0 radical (unpaired) electrons. The zero-order chi connectivity index (χ0) is 19.2. The van der Waals surface area contributed by atoms with Gasteiger partial charge in [-0.2, -0.15) is 0 Å². The molecule has 0 atom stereocenters. The second-order valence-corrected chi connectivity index (χ2v) is 7.57. The molecule has 6 heteroatoms. The first-order chi connectivity index (χ1) is 13.1. The van der Waals surface area contributed by atoms with E-state index in [-0.39, 0.29) is 30.4 Å². The Morgan fingerprint density at radius 3 is 2.19 bits per heavy atom. The summed E-state index contributed by atoms with van der Waals surface area (Å²) in [4.78, 5) is 41.3. The van der Waals surface area contributed by atoms with Crippen molar-refractivity contribution in [3.63, 3.8) is 0 Å². The molecule has 1 aliphatic heterocycles. The van der Waals surface area contributed by atoms with Gasteiger partial charge in [-0.1, -0.05) is 37.3 Å². The third-order valence-electron chi connectivity index (χ3n) is 4.90. The highest BCUT2D eigenvalue weighted by molar-refractivity contribution is 7.12. The van der Waals surface area contributed by atoms with Crippen LogP contribution in [0, 0.1) is 0 Å². The van der Waals surface area contributed by atoms with Gasteiger partial charge in [0.1, 0.15) is 0 Å². The minimum atomic E-state index is -0.0169. The monoisotopic (exact) mass is 384 g/mol. The highest BCUT2D eigenvalue weighted by atomic mass is 32.1. The van der Waals surface area contributed by atoms with E-state index in [1.807, 2.05) is 41.8 Å². The lowest BCUT2D eigenvalue weighted by molar-refractivity contribution is -0.132. The molecule has 0 N–H and O–H groups in total. The van der Waals surface area contributed by atoms with Crippen molar-refractivity contribution in [3.8, 4) is 0 Å². The van der Waals surface area contributed by atoms with Crippen molar-refractivity contribution in [2.45, 2.75) is 26.2 Å².